The van der Waals surface area contributed by atoms with Crippen molar-refractivity contribution in [2.75, 3.05) is 6.54 Å². The normalized spacial score (nSPS) is 25.9. The lowest BCUT2D eigenvalue weighted by atomic mass is 9.92. The molecule has 1 aliphatic rings. The zero-order valence-electron chi connectivity index (χ0n) is 12.5. The fraction of sp³-hybridized carbons (Fsp3) is 0.929. The van der Waals surface area contributed by atoms with Gasteiger partial charge in [0.15, 0.2) is 0 Å². The number of carboxylic acid groups (broad SMARTS) is 1. The number of nitrogens with zero attached hydrogens (tertiary/aromatic N) is 1. The van der Waals surface area contributed by atoms with Crippen LogP contribution in [-0.4, -0.2) is 45.8 Å². The van der Waals surface area contributed by atoms with Gasteiger partial charge in [-0.1, -0.05) is 0 Å². The second kappa shape index (κ2) is 5.17. The van der Waals surface area contributed by atoms with Gasteiger partial charge in [-0.25, -0.2) is 0 Å². The minimum Gasteiger partial charge on any atom is -0.481 e. The van der Waals surface area contributed by atoms with E-state index in [0.717, 1.165) is 6.42 Å². The summed E-state index contributed by atoms with van der Waals surface area (Å²) in [5.41, 5.74) is -0.364. The Balaban J connectivity index is 2.82. The molecular weight excluding hydrogens is 230 g/mol. The SMILES string of the molecule is CC(C)N(CCC(=O)O)C1CC(C)(C)OC1(C)C. The predicted molar refractivity (Wildman–Crippen MR) is 71.7 cm³/mol. The predicted octanol–water partition coefficient (Wildman–Crippen LogP) is 2.52. The van der Waals surface area contributed by atoms with E-state index >= 15 is 0 Å². The van der Waals surface area contributed by atoms with Gasteiger partial charge in [-0.15, -0.1) is 0 Å². The average molecular weight is 257 g/mol. The molecule has 1 N–H and O–H groups in total. The van der Waals surface area contributed by atoms with E-state index in [1.807, 2.05) is 0 Å². The van der Waals surface area contributed by atoms with Crippen molar-refractivity contribution in [3.05, 3.63) is 0 Å². The lowest BCUT2D eigenvalue weighted by molar-refractivity contribution is -0.138. The zero-order chi connectivity index (χ0) is 14.1. The molecule has 1 aliphatic heterocycles. The van der Waals surface area contributed by atoms with Crippen molar-refractivity contribution in [1.29, 1.82) is 0 Å². The number of carboxylic acids is 1. The summed E-state index contributed by atoms with van der Waals surface area (Å²) in [5.74, 6) is -0.739. The van der Waals surface area contributed by atoms with Crippen molar-refractivity contribution in [3.8, 4) is 0 Å². The molecule has 0 aliphatic carbocycles. The van der Waals surface area contributed by atoms with E-state index in [0.29, 0.717) is 12.6 Å². The zero-order valence-corrected chi connectivity index (χ0v) is 12.5. The molecule has 0 spiro atoms. The standard InChI is InChI=1S/C14H27NO3/c1-10(2)15(8-7-12(16)17)11-9-13(3,4)18-14(11,5)6/h10-11H,7-9H2,1-6H3,(H,16,17). The molecule has 1 heterocycles. The van der Waals surface area contributed by atoms with Crippen molar-refractivity contribution in [3.63, 3.8) is 0 Å². The third-order valence-corrected chi connectivity index (χ3v) is 3.67. The van der Waals surface area contributed by atoms with E-state index < -0.39 is 5.97 Å². The maximum Gasteiger partial charge on any atom is 0.304 e. The Morgan fingerprint density at radius 1 is 1.39 bits per heavy atom. The van der Waals surface area contributed by atoms with Gasteiger partial charge in [-0.3, -0.25) is 9.69 Å². The Morgan fingerprint density at radius 3 is 2.28 bits per heavy atom. The molecule has 1 fully saturated rings. The highest BCUT2D eigenvalue weighted by Crippen LogP contribution is 2.40. The molecule has 0 aromatic carbocycles. The van der Waals surface area contributed by atoms with Crippen LogP contribution in [0.4, 0.5) is 0 Å². The molecular formula is C14H27NO3. The first kappa shape index (κ1) is 15.4. The highest BCUT2D eigenvalue weighted by Gasteiger charge is 2.48. The minimum atomic E-state index is -0.739. The molecule has 1 saturated heterocycles. The van der Waals surface area contributed by atoms with E-state index in [4.69, 9.17) is 9.84 Å². The fourth-order valence-electron chi connectivity index (χ4n) is 3.05. The van der Waals surface area contributed by atoms with Gasteiger partial charge in [0.2, 0.25) is 0 Å². The van der Waals surface area contributed by atoms with Crippen LogP contribution in [0.5, 0.6) is 0 Å². The lowest BCUT2D eigenvalue weighted by Gasteiger charge is -2.38. The second-order valence-electron chi connectivity index (χ2n) is 6.66. The first-order valence-electron chi connectivity index (χ1n) is 6.73. The molecule has 0 saturated carbocycles. The maximum absolute atomic E-state index is 10.8. The van der Waals surface area contributed by atoms with Crippen LogP contribution >= 0.6 is 0 Å². The second-order valence-corrected chi connectivity index (χ2v) is 6.66. The molecule has 0 aromatic heterocycles. The molecule has 0 radical (unpaired) electrons. The van der Waals surface area contributed by atoms with Crippen molar-refractivity contribution in [2.24, 2.45) is 0 Å². The van der Waals surface area contributed by atoms with Crippen LogP contribution in [0.25, 0.3) is 0 Å². The molecule has 1 atom stereocenters. The summed E-state index contributed by atoms with van der Waals surface area (Å²) in [4.78, 5) is 13.0. The molecule has 18 heavy (non-hydrogen) atoms. The third-order valence-electron chi connectivity index (χ3n) is 3.67. The number of ether oxygens (including phenoxy) is 1. The van der Waals surface area contributed by atoms with Crippen molar-refractivity contribution >= 4 is 5.97 Å². The van der Waals surface area contributed by atoms with E-state index in [-0.39, 0.29) is 23.7 Å². The number of carbonyl (C=O) groups is 1. The van der Waals surface area contributed by atoms with Crippen LogP contribution in [0.15, 0.2) is 0 Å². The highest BCUT2D eigenvalue weighted by molar-refractivity contribution is 5.66. The summed E-state index contributed by atoms with van der Waals surface area (Å²) in [6, 6.07) is 0.595. The minimum absolute atomic E-state index is 0.134. The summed E-state index contributed by atoms with van der Waals surface area (Å²) in [5, 5.41) is 8.86. The Hall–Kier alpha value is -0.610. The maximum atomic E-state index is 10.8. The Labute approximate surface area is 110 Å². The van der Waals surface area contributed by atoms with Crippen LogP contribution in [0.2, 0.25) is 0 Å². The van der Waals surface area contributed by atoms with Gasteiger partial charge in [0.05, 0.1) is 17.6 Å². The number of hydrogen-bond acceptors (Lipinski definition) is 3. The average Bonchev–Trinajstić information content (AvgIpc) is 2.33. The lowest BCUT2D eigenvalue weighted by Crippen LogP contribution is -2.50. The summed E-state index contributed by atoms with van der Waals surface area (Å²) in [6.45, 7) is 13.2. The summed E-state index contributed by atoms with van der Waals surface area (Å²) in [7, 11) is 0. The molecule has 4 nitrogen and oxygen atoms in total. The first-order chi connectivity index (χ1) is 8.05. The molecule has 1 rings (SSSR count). The van der Waals surface area contributed by atoms with Crippen LogP contribution < -0.4 is 0 Å². The van der Waals surface area contributed by atoms with Gasteiger partial charge < -0.3 is 9.84 Å². The summed E-state index contributed by atoms with van der Waals surface area (Å²) >= 11 is 0. The van der Waals surface area contributed by atoms with E-state index in [2.05, 4.69) is 46.4 Å². The third kappa shape index (κ3) is 3.69. The molecule has 4 heteroatoms. The van der Waals surface area contributed by atoms with E-state index in [1.54, 1.807) is 0 Å². The van der Waals surface area contributed by atoms with Crippen molar-refractivity contribution < 1.29 is 14.6 Å². The van der Waals surface area contributed by atoms with Gasteiger partial charge in [0.1, 0.15) is 0 Å². The van der Waals surface area contributed by atoms with Crippen LogP contribution in [0.1, 0.15) is 54.4 Å². The van der Waals surface area contributed by atoms with Gasteiger partial charge in [0, 0.05) is 18.6 Å². The van der Waals surface area contributed by atoms with Gasteiger partial charge in [0.25, 0.3) is 0 Å². The van der Waals surface area contributed by atoms with Gasteiger partial charge >= 0.3 is 5.97 Å². The summed E-state index contributed by atoms with van der Waals surface area (Å²) in [6.07, 6.45) is 1.13. The molecule has 106 valence electrons. The van der Waals surface area contributed by atoms with Crippen molar-refractivity contribution in [1.82, 2.24) is 4.90 Å². The van der Waals surface area contributed by atoms with Crippen LogP contribution in [0.3, 0.4) is 0 Å². The molecule has 1 unspecified atom stereocenters. The number of rotatable bonds is 5. The van der Waals surface area contributed by atoms with Gasteiger partial charge in [-0.2, -0.15) is 0 Å². The van der Waals surface area contributed by atoms with E-state index in [9.17, 15) is 4.79 Å². The molecule has 0 amide bonds. The number of hydrogen-bond donors (Lipinski definition) is 1. The number of aliphatic carboxylic acids is 1. The van der Waals surface area contributed by atoms with Crippen LogP contribution in [-0.2, 0) is 9.53 Å². The topological polar surface area (TPSA) is 49.8 Å². The first-order valence-corrected chi connectivity index (χ1v) is 6.73. The largest absolute Gasteiger partial charge is 0.481 e. The Bertz CT molecular complexity index is 310. The van der Waals surface area contributed by atoms with Crippen molar-refractivity contribution in [2.45, 2.75) is 77.7 Å². The quantitative estimate of drug-likeness (QED) is 0.822. The summed E-state index contributed by atoms with van der Waals surface area (Å²) < 4.78 is 6.10. The molecule has 0 bridgehead atoms. The monoisotopic (exact) mass is 257 g/mol. The van der Waals surface area contributed by atoms with Gasteiger partial charge in [-0.05, 0) is 48.0 Å². The Kier molecular flexibility index (Phi) is 4.44. The fourth-order valence-corrected chi connectivity index (χ4v) is 3.05. The van der Waals surface area contributed by atoms with E-state index in [1.165, 1.54) is 0 Å². The molecule has 0 aromatic rings. The smallest absolute Gasteiger partial charge is 0.304 e. The highest BCUT2D eigenvalue weighted by atomic mass is 16.5. The van der Waals surface area contributed by atoms with Crippen LogP contribution in [0, 0.1) is 0 Å². The Morgan fingerprint density at radius 2 is 1.94 bits per heavy atom.